The van der Waals surface area contributed by atoms with Crippen molar-refractivity contribution in [3.8, 4) is 5.75 Å². The van der Waals surface area contributed by atoms with Gasteiger partial charge in [-0.15, -0.1) is 11.8 Å². The highest BCUT2D eigenvalue weighted by Crippen LogP contribution is 2.28. The molecule has 1 amide bonds. The lowest BCUT2D eigenvalue weighted by atomic mass is 10.2. The minimum Gasteiger partial charge on any atom is -0.489 e. The lowest BCUT2D eigenvalue weighted by Gasteiger charge is -2.11. The molecule has 1 aromatic heterocycles. The zero-order valence-corrected chi connectivity index (χ0v) is 22.4. The Morgan fingerprint density at radius 2 is 1.79 bits per heavy atom. The average Bonchev–Trinajstić information content (AvgIpc) is 3.44. The molecule has 3 aromatic carbocycles. The van der Waals surface area contributed by atoms with Gasteiger partial charge in [0.1, 0.15) is 18.0 Å². The number of sulfonamides is 1. The summed E-state index contributed by atoms with van der Waals surface area (Å²) in [6, 6.07) is 21.1. The van der Waals surface area contributed by atoms with Gasteiger partial charge in [0.05, 0.1) is 9.82 Å². The number of nitrogens with one attached hydrogen (secondary N) is 2. The summed E-state index contributed by atoms with van der Waals surface area (Å²) < 4.78 is 33.2. The fourth-order valence-corrected chi connectivity index (χ4v) is 5.77. The molecule has 0 fully saturated rings. The molecule has 196 valence electrons. The van der Waals surface area contributed by atoms with Crippen LogP contribution in [-0.4, -0.2) is 31.5 Å². The molecule has 0 bridgehead atoms. The predicted octanol–water partition coefficient (Wildman–Crippen LogP) is 5.56. The van der Waals surface area contributed by atoms with E-state index in [1.54, 1.807) is 35.2 Å². The second kappa shape index (κ2) is 12.6. The summed E-state index contributed by atoms with van der Waals surface area (Å²) in [5, 5.41) is 18.5. The highest BCUT2D eigenvalue weighted by Gasteiger charge is 2.23. The number of nitro benzene ring substituents is 1. The molecule has 0 aliphatic rings. The Morgan fingerprint density at radius 1 is 1.03 bits per heavy atom. The molecular formula is C26H23N3O6S3. The van der Waals surface area contributed by atoms with E-state index in [1.807, 2.05) is 51.9 Å². The Labute approximate surface area is 228 Å². The normalized spacial score (nSPS) is 11.1. The zero-order valence-electron chi connectivity index (χ0n) is 19.9. The number of nitrogens with zero attached hydrogens (tertiary/aromatic N) is 1. The number of hydrogen-bond acceptors (Lipinski definition) is 9. The molecule has 9 nitrogen and oxygen atoms in total. The van der Waals surface area contributed by atoms with Crippen LogP contribution in [0.4, 0.5) is 11.4 Å². The van der Waals surface area contributed by atoms with Crippen LogP contribution in [0.5, 0.6) is 5.75 Å². The molecule has 0 saturated carbocycles. The number of anilines is 1. The van der Waals surface area contributed by atoms with E-state index in [2.05, 4.69) is 5.32 Å². The summed E-state index contributed by atoms with van der Waals surface area (Å²) in [6.45, 7) is 0.801. The van der Waals surface area contributed by atoms with E-state index >= 15 is 0 Å². The van der Waals surface area contributed by atoms with Crippen LogP contribution in [-0.2, 0) is 16.6 Å². The molecule has 4 aromatic rings. The minimum atomic E-state index is -4.36. The van der Waals surface area contributed by atoms with Gasteiger partial charge in [0.15, 0.2) is 0 Å². The number of amides is 1. The molecule has 0 radical (unpaired) electrons. The van der Waals surface area contributed by atoms with Gasteiger partial charge in [0.25, 0.3) is 21.6 Å². The van der Waals surface area contributed by atoms with Gasteiger partial charge in [-0.25, -0.2) is 13.1 Å². The SMILES string of the molecule is O=C(NS(=O)(=O)c1ccc(NCCSc2ccccc2)c([N+](=O)[O-])c1)c1ccc(OCc2ccsc2)cc1. The van der Waals surface area contributed by atoms with Crippen molar-refractivity contribution in [3.63, 3.8) is 0 Å². The van der Waals surface area contributed by atoms with Gasteiger partial charge in [0, 0.05) is 28.8 Å². The summed E-state index contributed by atoms with van der Waals surface area (Å²) in [5.74, 6) is 0.309. The third kappa shape index (κ3) is 7.34. The average molecular weight is 570 g/mol. The number of benzene rings is 3. The fraction of sp³-hybridized carbons (Fsp3) is 0.115. The number of thioether (sulfide) groups is 1. The van der Waals surface area contributed by atoms with Crippen LogP contribution in [0.25, 0.3) is 0 Å². The molecule has 0 aliphatic carbocycles. The Kier molecular flexibility index (Phi) is 9.00. The quantitative estimate of drug-likeness (QED) is 0.0983. The van der Waals surface area contributed by atoms with Crippen LogP contribution in [0.15, 0.2) is 99.4 Å². The first-order valence-corrected chi connectivity index (χ1v) is 14.7. The monoisotopic (exact) mass is 569 g/mol. The van der Waals surface area contributed by atoms with Crippen LogP contribution >= 0.6 is 23.1 Å². The summed E-state index contributed by atoms with van der Waals surface area (Å²) in [6.07, 6.45) is 0. The number of hydrogen-bond donors (Lipinski definition) is 2. The second-order valence-electron chi connectivity index (χ2n) is 7.90. The highest BCUT2D eigenvalue weighted by molar-refractivity contribution is 7.99. The van der Waals surface area contributed by atoms with Gasteiger partial charge in [-0.05, 0) is 70.9 Å². The van der Waals surface area contributed by atoms with E-state index in [4.69, 9.17) is 4.74 Å². The van der Waals surface area contributed by atoms with E-state index < -0.39 is 31.4 Å². The molecule has 0 aliphatic heterocycles. The molecule has 12 heteroatoms. The third-order valence-corrected chi connectivity index (χ3v) is 8.31. The van der Waals surface area contributed by atoms with E-state index in [0.29, 0.717) is 24.7 Å². The largest absolute Gasteiger partial charge is 0.489 e. The summed E-state index contributed by atoms with van der Waals surface area (Å²) in [4.78, 5) is 24.2. The van der Waals surface area contributed by atoms with Gasteiger partial charge >= 0.3 is 0 Å². The van der Waals surface area contributed by atoms with Crippen molar-refractivity contribution in [2.75, 3.05) is 17.6 Å². The molecule has 4 rings (SSSR count). The number of ether oxygens (including phenoxy) is 1. The van der Waals surface area contributed by atoms with Gasteiger partial charge in [-0.1, -0.05) is 18.2 Å². The molecule has 2 N–H and O–H groups in total. The number of thiophene rings is 1. The maximum Gasteiger partial charge on any atom is 0.293 e. The first-order valence-electron chi connectivity index (χ1n) is 11.3. The summed E-state index contributed by atoms with van der Waals surface area (Å²) in [5.41, 5.74) is 0.897. The Hall–Kier alpha value is -3.87. The van der Waals surface area contributed by atoms with Crippen LogP contribution in [0.1, 0.15) is 15.9 Å². The molecular weight excluding hydrogens is 547 g/mol. The van der Waals surface area contributed by atoms with Gasteiger partial charge in [0.2, 0.25) is 0 Å². The van der Waals surface area contributed by atoms with E-state index in [1.165, 1.54) is 24.3 Å². The maximum absolute atomic E-state index is 12.8. The third-order valence-electron chi connectivity index (χ3n) is 5.23. The van der Waals surface area contributed by atoms with Crippen molar-refractivity contribution >= 4 is 50.4 Å². The van der Waals surface area contributed by atoms with Crippen molar-refractivity contribution in [2.45, 2.75) is 16.4 Å². The fourth-order valence-electron chi connectivity index (χ4n) is 3.33. The minimum absolute atomic E-state index is 0.0974. The highest BCUT2D eigenvalue weighted by atomic mass is 32.2. The van der Waals surface area contributed by atoms with E-state index in [-0.39, 0.29) is 11.3 Å². The first-order chi connectivity index (χ1) is 18.3. The first kappa shape index (κ1) is 27.2. The number of rotatable bonds is 12. The van der Waals surface area contributed by atoms with Crippen molar-refractivity contribution < 1.29 is 22.9 Å². The van der Waals surface area contributed by atoms with Gasteiger partial charge in [-0.2, -0.15) is 11.3 Å². The standard InChI is InChI=1S/C26H23N3O6S3/c30-26(20-6-8-21(9-7-20)35-17-19-12-14-36-18-19)28-38(33,34)23-10-11-24(25(16-23)29(31)32)27-13-15-37-22-4-2-1-3-5-22/h1-12,14,16,18,27H,13,15,17H2,(H,28,30). The van der Waals surface area contributed by atoms with Crippen molar-refractivity contribution in [1.29, 1.82) is 0 Å². The summed E-state index contributed by atoms with van der Waals surface area (Å²) in [7, 11) is -4.36. The Bertz CT molecular complexity index is 1490. The van der Waals surface area contributed by atoms with Gasteiger partial charge < -0.3 is 10.1 Å². The van der Waals surface area contributed by atoms with Crippen LogP contribution < -0.4 is 14.8 Å². The van der Waals surface area contributed by atoms with Crippen LogP contribution in [0.2, 0.25) is 0 Å². The maximum atomic E-state index is 12.8. The smallest absolute Gasteiger partial charge is 0.293 e. The lowest BCUT2D eigenvalue weighted by molar-refractivity contribution is -0.384. The van der Waals surface area contributed by atoms with E-state index in [9.17, 15) is 23.3 Å². The number of nitro groups is 1. The van der Waals surface area contributed by atoms with Crippen LogP contribution in [0.3, 0.4) is 0 Å². The Balaban J connectivity index is 1.37. The topological polar surface area (TPSA) is 128 Å². The van der Waals surface area contributed by atoms with Crippen molar-refractivity contribution in [2.24, 2.45) is 0 Å². The van der Waals surface area contributed by atoms with Gasteiger partial charge in [-0.3, -0.25) is 14.9 Å². The molecule has 0 atom stereocenters. The van der Waals surface area contributed by atoms with Crippen molar-refractivity contribution in [1.82, 2.24) is 4.72 Å². The lowest BCUT2D eigenvalue weighted by Crippen LogP contribution is -2.30. The van der Waals surface area contributed by atoms with Crippen molar-refractivity contribution in [3.05, 3.63) is 111 Å². The Morgan fingerprint density at radius 3 is 2.47 bits per heavy atom. The molecule has 38 heavy (non-hydrogen) atoms. The van der Waals surface area contributed by atoms with E-state index in [0.717, 1.165) is 16.5 Å². The predicted molar refractivity (Wildman–Crippen MR) is 148 cm³/mol. The second-order valence-corrected chi connectivity index (χ2v) is 11.5. The molecule has 0 unspecified atom stereocenters. The molecule has 0 saturated heterocycles. The van der Waals surface area contributed by atoms with Crippen LogP contribution in [0, 0.1) is 10.1 Å². The number of carbonyl (C=O) groups is 1. The molecule has 0 spiro atoms. The molecule has 1 heterocycles. The zero-order chi connectivity index (χ0) is 27.0. The number of carbonyl (C=O) groups excluding carboxylic acids is 1. The summed E-state index contributed by atoms with van der Waals surface area (Å²) >= 11 is 3.15.